The van der Waals surface area contributed by atoms with Crippen molar-refractivity contribution in [2.75, 3.05) is 12.4 Å². The summed E-state index contributed by atoms with van der Waals surface area (Å²) in [7, 11) is 0. The molecule has 3 aromatic rings. The van der Waals surface area contributed by atoms with E-state index in [0.29, 0.717) is 6.61 Å². The molecule has 142 valence electrons. The Morgan fingerprint density at radius 2 is 1.74 bits per heavy atom. The first kappa shape index (κ1) is 19.5. The molecule has 0 amide bonds. The number of hydrogen-bond acceptors (Lipinski definition) is 4. The molecule has 1 heterocycles. The molecule has 2 aromatic carbocycles. The van der Waals surface area contributed by atoms with Gasteiger partial charge in [-0.15, -0.1) is 10.2 Å². The summed E-state index contributed by atoms with van der Waals surface area (Å²) in [5.74, 6) is 2.95. The third-order valence-corrected chi connectivity index (χ3v) is 5.35. The first-order valence-electron chi connectivity index (χ1n) is 9.45. The molecule has 1 aromatic heterocycles. The molecule has 27 heavy (non-hydrogen) atoms. The van der Waals surface area contributed by atoms with E-state index in [0.717, 1.165) is 41.9 Å². The quantitative estimate of drug-likeness (QED) is 0.383. The van der Waals surface area contributed by atoms with Gasteiger partial charge >= 0.3 is 0 Å². The minimum Gasteiger partial charge on any atom is -0.494 e. The zero-order valence-corrected chi connectivity index (χ0v) is 17.1. The van der Waals surface area contributed by atoms with Crippen LogP contribution in [0.2, 0.25) is 0 Å². The average Bonchev–Trinajstić information content (AvgIpc) is 3.03. The van der Waals surface area contributed by atoms with E-state index in [1.54, 1.807) is 11.8 Å². The number of aromatic nitrogens is 3. The highest BCUT2D eigenvalue weighted by Gasteiger charge is 2.11. The van der Waals surface area contributed by atoms with Gasteiger partial charge in [0.1, 0.15) is 11.6 Å². The van der Waals surface area contributed by atoms with Crippen molar-refractivity contribution in [1.82, 2.24) is 14.8 Å². The maximum Gasteiger partial charge on any atom is 0.191 e. The van der Waals surface area contributed by atoms with Gasteiger partial charge in [-0.25, -0.2) is 0 Å². The van der Waals surface area contributed by atoms with E-state index >= 15 is 0 Å². The van der Waals surface area contributed by atoms with Crippen molar-refractivity contribution < 1.29 is 4.74 Å². The van der Waals surface area contributed by atoms with Crippen molar-refractivity contribution in [3.05, 3.63) is 71.0 Å². The third-order valence-electron chi connectivity index (χ3n) is 4.30. The number of ether oxygens (including phenoxy) is 1. The monoisotopic (exact) mass is 381 g/mol. The molecule has 0 aliphatic carbocycles. The molecule has 4 nitrogen and oxygen atoms in total. The fourth-order valence-corrected chi connectivity index (χ4v) is 4.01. The zero-order valence-electron chi connectivity index (χ0n) is 16.3. The maximum absolute atomic E-state index is 5.89. The summed E-state index contributed by atoms with van der Waals surface area (Å²) in [5, 5.41) is 9.80. The Kier molecular flexibility index (Phi) is 6.93. The Morgan fingerprint density at radius 3 is 2.44 bits per heavy atom. The van der Waals surface area contributed by atoms with Crippen LogP contribution in [0, 0.1) is 13.8 Å². The number of thioether (sulfide) groups is 1. The summed E-state index contributed by atoms with van der Waals surface area (Å²) < 4.78 is 8.10. The zero-order chi connectivity index (χ0) is 19.1. The molecular formula is C22H27N3OS. The molecule has 0 bridgehead atoms. The van der Waals surface area contributed by atoms with Gasteiger partial charge in [-0.2, -0.15) is 0 Å². The Morgan fingerprint density at radius 1 is 1.00 bits per heavy atom. The average molecular weight is 382 g/mol. The predicted molar refractivity (Wildman–Crippen MR) is 112 cm³/mol. The van der Waals surface area contributed by atoms with E-state index < -0.39 is 0 Å². The van der Waals surface area contributed by atoms with Crippen LogP contribution in [-0.4, -0.2) is 27.1 Å². The lowest BCUT2D eigenvalue weighted by Gasteiger charge is -2.09. The van der Waals surface area contributed by atoms with E-state index in [-0.39, 0.29) is 0 Å². The van der Waals surface area contributed by atoms with Gasteiger partial charge in [0, 0.05) is 18.7 Å². The molecule has 0 saturated heterocycles. The highest BCUT2D eigenvalue weighted by molar-refractivity contribution is 7.99. The lowest BCUT2D eigenvalue weighted by Crippen LogP contribution is -2.05. The molecule has 0 fully saturated rings. The standard InChI is InChI=1S/C22H27N3OS/c1-4-25-21(16-19-9-6-5-7-10-19)23-24-22(25)27-12-8-11-26-20-14-17(2)13-18(3)15-20/h5-7,9-10,13-15H,4,8,11-12,16H2,1-3H3. The van der Waals surface area contributed by atoms with Crippen molar-refractivity contribution in [3.63, 3.8) is 0 Å². The molecule has 0 atom stereocenters. The smallest absolute Gasteiger partial charge is 0.191 e. The Balaban J connectivity index is 1.49. The largest absolute Gasteiger partial charge is 0.494 e. The second-order valence-electron chi connectivity index (χ2n) is 6.68. The highest BCUT2D eigenvalue weighted by Crippen LogP contribution is 2.20. The van der Waals surface area contributed by atoms with E-state index in [9.17, 15) is 0 Å². The molecule has 0 unspecified atom stereocenters. The van der Waals surface area contributed by atoms with Crippen LogP contribution in [0.5, 0.6) is 5.75 Å². The molecule has 5 heteroatoms. The Labute approximate surface area is 166 Å². The van der Waals surface area contributed by atoms with Crippen molar-refractivity contribution in [3.8, 4) is 5.75 Å². The number of nitrogens with zero attached hydrogens (tertiary/aromatic N) is 3. The van der Waals surface area contributed by atoms with E-state index in [1.807, 2.05) is 6.07 Å². The van der Waals surface area contributed by atoms with Crippen LogP contribution in [0.15, 0.2) is 53.7 Å². The fraction of sp³-hybridized carbons (Fsp3) is 0.364. The second-order valence-corrected chi connectivity index (χ2v) is 7.74. The first-order valence-corrected chi connectivity index (χ1v) is 10.4. The predicted octanol–water partition coefficient (Wildman–Crippen LogP) is 5.07. The van der Waals surface area contributed by atoms with E-state index in [4.69, 9.17) is 4.74 Å². The van der Waals surface area contributed by atoms with Crippen LogP contribution in [0.4, 0.5) is 0 Å². The SMILES string of the molecule is CCn1c(Cc2ccccc2)nnc1SCCCOc1cc(C)cc(C)c1. The molecule has 0 radical (unpaired) electrons. The van der Waals surface area contributed by atoms with Gasteiger partial charge in [-0.05, 0) is 56.0 Å². The van der Waals surface area contributed by atoms with E-state index in [2.05, 4.69) is 78.0 Å². The summed E-state index contributed by atoms with van der Waals surface area (Å²) in [5.41, 5.74) is 3.74. The number of benzene rings is 2. The van der Waals surface area contributed by atoms with Crippen LogP contribution in [-0.2, 0) is 13.0 Å². The summed E-state index contributed by atoms with van der Waals surface area (Å²) in [6, 6.07) is 16.8. The van der Waals surface area contributed by atoms with Crippen molar-refractivity contribution in [1.29, 1.82) is 0 Å². The molecule has 0 aliphatic heterocycles. The minimum absolute atomic E-state index is 0.715. The summed E-state index contributed by atoms with van der Waals surface area (Å²) in [4.78, 5) is 0. The van der Waals surface area contributed by atoms with Crippen LogP contribution in [0.1, 0.15) is 35.9 Å². The topological polar surface area (TPSA) is 39.9 Å². The normalized spacial score (nSPS) is 10.9. The lowest BCUT2D eigenvalue weighted by atomic mass is 10.1. The molecular weight excluding hydrogens is 354 g/mol. The molecule has 3 rings (SSSR count). The second kappa shape index (κ2) is 9.60. The van der Waals surface area contributed by atoms with Gasteiger partial charge < -0.3 is 9.30 Å². The third kappa shape index (κ3) is 5.60. The van der Waals surface area contributed by atoms with Gasteiger partial charge in [-0.3, -0.25) is 0 Å². The van der Waals surface area contributed by atoms with Crippen LogP contribution >= 0.6 is 11.8 Å². The summed E-state index contributed by atoms with van der Waals surface area (Å²) in [6.45, 7) is 7.94. The van der Waals surface area contributed by atoms with Gasteiger partial charge in [0.15, 0.2) is 5.16 Å². The van der Waals surface area contributed by atoms with Crippen LogP contribution in [0.3, 0.4) is 0 Å². The van der Waals surface area contributed by atoms with Crippen LogP contribution < -0.4 is 4.74 Å². The number of rotatable bonds is 9. The summed E-state index contributed by atoms with van der Waals surface area (Å²) in [6.07, 6.45) is 1.79. The van der Waals surface area contributed by atoms with Gasteiger partial charge in [0.05, 0.1) is 6.61 Å². The maximum atomic E-state index is 5.89. The minimum atomic E-state index is 0.715. The fourth-order valence-electron chi connectivity index (χ4n) is 3.08. The molecule has 0 saturated carbocycles. The van der Waals surface area contributed by atoms with Gasteiger partial charge in [-0.1, -0.05) is 48.2 Å². The lowest BCUT2D eigenvalue weighted by molar-refractivity contribution is 0.318. The Hall–Kier alpha value is -2.27. The first-order chi connectivity index (χ1) is 13.2. The van der Waals surface area contributed by atoms with Gasteiger partial charge in [0.25, 0.3) is 0 Å². The van der Waals surface area contributed by atoms with Crippen molar-refractivity contribution in [2.24, 2.45) is 0 Å². The van der Waals surface area contributed by atoms with Crippen molar-refractivity contribution >= 4 is 11.8 Å². The van der Waals surface area contributed by atoms with E-state index in [1.165, 1.54) is 16.7 Å². The molecule has 0 N–H and O–H groups in total. The molecule has 0 spiro atoms. The Bertz CT molecular complexity index is 841. The van der Waals surface area contributed by atoms with Crippen molar-refractivity contribution in [2.45, 2.75) is 45.3 Å². The van der Waals surface area contributed by atoms with Crippen LogP contribution in [0.25, 0.3) is 0 Å². The number of aryl methyl sites for hydroxylation is 2. The number of hydrogen-bond donors (Lipinski definition) is 0. The molecule has 0 aliphatic rings. The van der Waals surface area contributed by atoms with Gasteiger partial charge in [0.2, 0.25) is 0 Å². The summed E-state index contributed by atoms with van der Waals surface area (Å²) >= 11 is 1.75. The highest BCUT2D eigenvalue weighted by atomic mass is 32.2.